The molecule has 4 rings (SSSR count). The summed E-state index contributed by atoms with van der Waals surface area (Å²) in [4.78, 5) is 14.3. The number of nitrogens with zero attached hydrogens (tertiary/aromatic N) is 1. The van der Waals surface area contributed by atoms with E-state index in [0.717, 1.165) is 29.7 Å². The summed E-state index contributed by atoms with van der Waals surface area (Å²) < 4.78 is 28.3. The van der Waals surface area contributed by atoms with E-state index in [1.165, 1.54) is 12.1 Å². The average Bonchev–Trinajstić information content (AvgIpc) is 2.85. The standard InChI is InChI=1S/C18H16Cl2N2O3S/c1-10-14-9-13(7-11-3-2-6-22(17(11)14)18(10)23)26(24,25)21-16-8-12(19)4-5-15(16)20/h4-5,7-10,21H,2-3,6H2,1H3/t10-/m1/s1. The third-order valence-corrected chi connectivity index (χ3v) is 6.79. The number of halogens is 2. The van der Waals surface area contributed by atoms with Crippen LogP contribution in [0.3, 0.4) is 0 Å². The second-order valence-electron chi connectivity index (χ2n) is 6.57. The minimum Gasteiger partial charge on any atom is -0.311 e. The highest BCUT2D eigenvalue weighted by atomic mass is 35.5. The van der Waals surface area contributed by atoms with Crippen molar-refractivity contribution in [2.45, 2.75) is 30.6 Å². The summed E-state index contributed by atoms with van der Waals surface area (Å²) in [5, 5.41) is 0.640. The van der Waals surface area contributed by atoms with Gasteiger partial charge < -0.3 is 4.90 Å². The molecule has 2 heterocycles. The Morgan fingerprint density at radius 3 is 2.73 bits per heavy atom. The SMILES string of the molecule is C[C@H]1C(=O)N2CCCc3cc(S(=O)(=O)Nc4cc(Cl)ccc4Cl)cc1c32. The fourth-order valence-electron chi connectivity index (χ4n) is 3.60. The molecule has 2 aromatic rings. The van der Waals surface area contributed by atoms with Crippen molar-refractivity contribution < 1.29 is 13.2 Å². The molecule has 8 heteroatoms. The van der Waals surface area contributed by atoms with Crippen molar-refractivity contribution in [1.82, 2.24) is 0 Å². The van der Waals surface area contributed by atoms with Gasteiger partial charge in [0.2, 0.25) is 5.91 Å². The van der Waals surface area contributed by atoms with E-state index in [1.54, 1.807) is 23.1 Å². The van der Waals surface area contributed by atoms with Gasteiger partial charge in [-0.05, 0) is 61.2 Å². The molecule has 0 aromatic heterocycles. The van der Waals surface area contributed by atoms with Gasteiger partial charge in [-0.25, -0.2) is 8.42 Å². The van der Waals surface area contributed by atoms with E-state index in [2.05, 4.69) is 4.72 Å². The number of hydrogen-bond donors (Lipinski definition) is 1. The molecule has 0 aliphatic carbocycles. The molecular formula is C18H16Cl2N2O3S. The molecule has 2 aliphatic rings. The van der Waals surface area contributed by atoms with Gasteiger partial charge in [-0.15, -0.1) is 0 Å². The van der Waals surface area contributed by atoms with Crippen LogP contribution in [0.4, 0.5) is 11.4 Å². The molecule has 26 heavy (non-hydrogen) atoms. The highest BCUT2D eigenvalue weighted by Gasteiger charge is 2.38. The zero-order chi connectivity index (χ0) is 18.6. The van der Waals surface area contributed by atoms with Gasteiger partial charge in [0, 0.05) is 11.6 Å². The Bertz CT molecular complexity index is 1040. The van der Waals surface area contributed by atoms with Crippen LogP contribution in [-0.4, -0.2) is 20.9 Å². The summed E-state index contributed by atoms with van der Waals surface area (Å²) in [6.45, 7) is 2.50. The predicted molar refractivity (Wildman–Crippen MR) is 103 cm³/mol. The summed E-state index contributed by atoms with van der Waals surface area (Å²) >= 11 is 12.0. The van der Waals surface area contributed by atoms with E-state index in [9.17, 15) is 13.2 Å². The van der Waals surface area contributed by atoms with E-state index in [0.29, 0.717) is 11.6 Å². The van der Waals surface area contributed by atoms with Gasteiger partial charge in [0.15, 0.2) is 0 Å². The molecule has 0 radical (unpaired) electrons. The van der Waals surface area contributed by atoms with Gasteiger partial charge in [0.25, 0.3) is 10.0 Å². The number of anilines is 2. The predicted octanol–water partition coefficient (Wildman–Crippen LogP) is 4.19. The maximum absolute atomic E-state index is 12.9. The maximum atomic E-state index is 12.9. The molecule has 1 N–H and O–H groups in total. The fourth-order valence-corrected chi connectivity index (χ4v) is 5.15. The summed E-state index contributed by atoms with van der Waals surface area (Å²) in [6, 6.07) is 7.83. The third kappa shape index (κ3) is 2.76. The van der Waals surface area contributed by atoms with E-state index >= 15 is 0 Å². The van der Waals surface area contributed by atoms with Crippen molar-refractivity contribution >= 4 is 50.5 Å². The number of carbonyl (C=O) groups is 1. The molecule has 1 amide bonds. The number of aryl methyl sites for hydroxylation is 1. The molecule has 5 nitrogen and oxygen atoms in total. The number of nitrogens with one attached hydrogen (secondary N) is 1. The van der Waals surface area contributed by atoms with Crippen molar-refractivity contribution in [2.75, 3.05) is 16.2 Å². The highest BCUT2D eigenvalue weighted by Crippen LogP contribution is 2.44. The third-order valence-electron chi connectivity index (χ3n) is 4.88. The molecule has 0 spiro atoms. The normalized spacial score (nSPS) is 18.8. The molecule has 2 aromatic carbocycles. The van der Waals surface area contributed by atoms with Crippen LogP contribution >= 0.6 is 23.2 Å². The van der Waals surface area contributed by atoms with Crippen LogP contribution in [0.2, 0.25) is 10.0 Å². The highest BCUT2D eigenvalue weighted by molar-refractivity contribution is 7.92. The molecule has 2 aliphatic heterocycles. The molecular weight excluding hydrogens is 395 g/mol. The van der Waals surface area contributed by atoms with E-state index in [1.807, 2.05) is 6.92 Å². The summed E-state index contributed by atoms with van der Waals surface area (Å²) in [5.74, 6) is -0.312. The first kappa shape index (κ1) is 17.6. The number of rotatable bonds is 3. The number of sulfonamides is 1. The number of carbonyl (C=O) groups excluding carboxylic acids is 1. The van der Waals surface area contributed by atoms with Gasteiger partial charge >= 0.3 is 0 Å². The molecule has 0 fully saturated rings. The largest absolute Gasteiger partial charge is 0.311 e. The lowest BCUT2D eigenvalue weighted by atomic mass is 9.97. The molecule has 1 atom stereocenters. The summed E-state index contributed by atoms with van der Waals surface area (Å²) in [7, 11) is -3.86. The van der Waals surface area contributed by atoms with Crippen molar-refractivity contribution in [1.29, 1.82) is 0 Å². The van der Waals surface area contributed by atoms with Crippen molar-refractivity contribution in [3.8, 4) is 0 Å². The molecule has 0 saturated heterocycles. The Labute approximate surface area is 162 Å². The molecule has 0 bridgehead atoms. The molecule has 136 valence electrons. The van der Waals surface area contributed by atoms with Crippen LogP contribution in [-0.2, 0) is 21.2 Å². The van der Waals surface area contributed by atoms with Crippen LogP contribution < -0.4 is 9.62 Å². The molecule has 0 saturated carbocycles. The van der Waals surface area contributed by atoms with Gasteiger partial charge in [-0.1, -0.05) is 23.2 Å². The Hall–Kier alpha value is -1.76. The zero-order valence-corrected chi connectivity index (χ0v) is 16.2. The second-order valence-corrected chi connectivity index (χ2v) is 9.09. The first-order valence-electron chi connectivity index (χ1n) is 8.24. The lowest BCUT2D eigenvalue weighted by molar-refractivity contribution is -0.119. The number of amides is 1. The van der Waals surface area contributed by atoms with Crippen molar-refractivity contribution in [3.05, 3.63) is 51.5 Å². The zero-order valence-electron chi connectivity index (χ0n) is 13.9. The number of benzene rings is 2. The molecule has 0 unspecified atom stereocenters. The van der Waals surface area contributed by atoms with E-state index in [4.69, 9.17) is 23.2 Å². The van der Waals surface area contributed by atoms with Gasteiger partial charge in [-0.3, -0.25) is 9.52 Å². The minimum absolute atomic E-state index is 0.0290. The van der Waals surface area contributed by atoms with Gasteiger partial charge in [0.05, 0.1) is 27.2 Å². The lowest BCUT2D eigenvalue weighted by Crippen LogP contribution is -2.32. The minimum atomic E-state index is -3.86. The number of hydrogen-bond acceptors (Lipinski definition) is 3. The van der Waals surface area contributed by atoms with Gasteiger partial charge in [-0.2, -0.15) is 0 Å². The first-order valence-corrected chi connectivity index (χ1v) is 10.5. The van der Waals surface area contributed by atoms with Crippen LogP contribution in [0.15, 0.2) is 35.2 Å². The quantitative estimate of drug-likeness (QED) is 0.824. The van der Waals surface area contributed by atoms with Crippen LogP contribution in [0, 0.1) is 0 Å². The Balaban J connectivity index is 1.79. The average molecular weight is 411 g/mol. The smallest absolute Gasteiger partial charge is 0.261 e. The summed E-state index contributed by atoms with van der Waals surface area (Å²) in [6.07, 6.45) is 1.57. The second kappa shape index (κ2) is 6.15. The van der Waals surface area contributed by atoms with Crippen molar-refractivity contribution in [2.24, 2.45) is 0 Å². The van der Waals surface area contributed by atoms with Crippen LogP contribution in [0.1, 0.15) is 30.4 Å². The lowest BCUT2D eigenvalue weighted by Gasteiger charge is -2.26. The Morgan fingerprint density at radius 1 is 1.19 bits per heavy atom. The van der Waals surface area contributed by atoms with Crippen molar-refractivity contribution in [3.63, 3.8) is 0 Å². The van der Waals surface area contributed by atoms with E-state index in [-0.39, 0.29) is 27.4 Å². The van der Waals surface area contributed by atoms with Crippen LogP contribution in [0.25, 0.3) is 0 Å². The van der Waals surface area contributed by atoms with Crippen LogP contribution in [0.5, 0.6) is 0 Å². The summed E-state index contributed by atoms with van der Waals surface area (Å²) in [5.41, 5.74) is 2.77. The van der Waals surface area contributed by atoms with Gasteiger partial charge in [0.1, 0.15) is 0 Å². The fraction of sp³-hybridized carbons (Fsp3) is 0.278. The Morgan fingerprint density at radius 2 is 1.96 bits per heavy atom. The topological polar surface area (TPSA) is 66.5 Å². The maximum Gasteiger partial charge on any atom is 0.261 e. The van der Waals surface area contributed by atoms with E-state index < -0.39 is 10.0 Å². The first-order chi connectivity index (χ1) is 12.3. The Kier molecular flexibility index (Phi) is 4.17. The monoisotopic (exact) mass is 410 g/mol.